The Bertz CT molecular complexity index is 623. The zero-order valence-electron chi connectivity index (χ0n) is 15.4. The molecule has 0 aromatic rings. The lowest BCUT2D eigenvalue weighted by Gasteiger charge is -2.32. The molecule has 2 aliphatic heterocycles. The van der Waals surface area contributed by atoms with Crippen LogP contribution in [0.3, 0.4) is 0 Å². The third-order valence-corrected chi connectivity index (χ3v) is 6.93. The topological polar surface area (TPSA) is 95.9 Å². The van der Waals surface area contributed by atoms with E-state index in [9.17, 15) is 19.5 Å². The molecule has 0 radical (unpaired) electrons. The van der Waals surface area contributed by atoms with Crippen molar-refractivity contribution in [2.24, 2.45) is 29.1 Å². The van der Waals surface area contributed by atoms with E-state index in [1.807, 2.05) is 0 Å². The predicted molar refractivity (Wildman–Crippen MR) is 92.1 cm³/mol. The van der Waals surface area contributed by atoms with E-state index in [1.54, 1.807) is 0 Å². The van der Waals surface area contributed by atoms with Gasteiger partial charge in [0.15, 0.2) is 0 Å². The maximum Gasteiger partial charge on any atom is 0.326 e. The summed E-state index contributed by atoms with van der Waals surface area (Å²) in [7, 11) is 0. The quantitative estimate of drug-likeness (QED) is 0.729. The molecule has 26 heavy (non-hydrogen) atoms. The summed E-state index contributed by atoms with van der Waals surface area (Å²) in [6.07, 6.45) is 3.44. The third kappa shape index (κ3) is 3.00. The molecule has 7 heteroatoms. The fourth-order valence-corrected chi connectivity index (χ4v) is 4.93. The molecule has 0 aromatic carbocycles. The number of likely N-dealkylation sites (tertiary alicyclic amines) is 1. The summed E-state index contributed by atoms with van der Waals surface area (Å²) in [5.74, 6) is -0.779. The molecular formula is C19H28N2O5. The molecule has 7 nitrogen and oxygen atoms in total. The summed E-state index contributed by atoms with van der Waals surface area (Å²) >= 11 is 0. The molecule has 2 saturated heterocycles. The van der Waals surface area contributed by atoms with Crippen LogP contribution in [-0.4, -0.2) is 59.6 Å². The molecule has 0 bridgehead atoms. The number of ether oxygens (including phenoxy) is 1. The number of carbonyl (C=O) groups is 3. The van der Waals surface area contributed by atoms with Crippen LogP contribution in [0, 0.1) is 29.1 Å². The van der Waals surface area contributed by atoms with Crippen molar-refractivity contribution in [3.8, 4) is 0 Å². The maximum absolute atomic E-state index is 13.2. The molecule has 2 amide bonds. The fourth-order valence-electron chi connectivity index (χ4n) is 4.93. The smallest absolute Gasteiger partial charge is 0.326 e. The number of carbonyl (C=O) groups excluding carboxylic acids is 2. The second-order valence-corrected chi connectivity index (χ2v) is 9.03. The number of rotatable bonds is 6. The van der Waals surface area contributed by atoms with E-state index in [2.05, 4.69) is 19.2 Å². The van der Waals surface area contributed by atoms with Gasteiger partial charge in [-0.25, -0.2) is 4.79 Å². The predicted octanol–water partition coefficient (Wildman–Crippen LogP) is 0.875. The number of hydrogen-bond donors (Lipinski definition) is 2. The minimum atomic E-state index is -0.933. The van der Waals surface area contributed by atoms with E-state index < -0.39 is 18.1 Å². The molecule has 2 N–H and O–H groups in total. The van der Waals surface area contributed by atoms with Crippen LogP contribution in [-0.2, 0) is 19.1 Å². The SMILES string of the molecule is CC1(C)[C@@H]2[C@@H](C(=O)O)N(C(=O)C(CC3CC3)NC(=O)[C@@H]3CCOC3)C[C@@H]21. The zero-order chi connectivity index (χ0) is 18.6. The molecule has 1 unspecified atom stereocenters. The summed E-state index contributed by atoms with van der Waals surface area (Å²) in [6, 6.07) is -1.38. The summed E-state index contributed by atoms with van der Waals surface area (Å²) in [4.78, 5) is 39.0. The van der Waals surface area contributed by atoms with E-state index in [0.717, 1.165) is 12.8 Å². The molecule has 144 valence electrons. The van der Waals surface area contributed by atoms with Crippen LogP contribution in [0.2, 0.25) is 0 Å². The highest BCUT2D eigenvalue weighted by molar-refractivity contribution is 5.92. The van der Waals surface area contributed by atoms with Crippen LogP contribution in [0.1, 0.15) is 39.5 Å². The average molecular weight is 364 g/mol. The van der Waals surface area contributed by atoms with E-state index in [-0.39, 0.29) is 35.0 Å². The Labute approximate surface area is 153 Å². The van der Waals surface area contributed by atoms with Crippen LogP contribution in [0.25, 0.3) is 0 Å². The summed E-state index contributed by atoms with van der Waals surface area (Å²) in [5, 5.41) is 12.6. The lowest BCUT2D eigenvalue weighted by molar-refractivity contribution is -0.151. The molecule has 0 aromatic heterocycles. The molecule has 2 heterocycles. The van der Waals surface area contributed by atoms with Gasteiger partial charge in [0, 0.05) is 19.1 Å². The number of carboxylic acid groups (broad SMARTS) is 1. The first-order chi connectivity index (χ1) is 12.3. The van der Waals surface area contributed by atoms with E-state index in [4.69, 9.17) is 4.74 Å². The van der Waals surface area contributed by atoms with Gasteiger partial charge in [-0.2, -0.15) is 0 Å². The van der Waals surface area contributed by atoms with Crippen molar-refractivity contribution in [3.05, 3.63) is 0 Å². The van der Waals surface area contributed by atoms with E-state index in [1.165, 1.54) is 4.90 Å². The second kappa shape index (κ2) is 6.22. The fraction of sp³-hybridized carbons (Fsp3) is 0.842. The Hall–Kier alpha value is -1.63. The van der Waals surface area contributed by atoms with Crippen LogP contribution in [0.5, 0.6) is 0 Å². The Morgan fingerprint density at radius 3 is 2.58 bits per heavy atom. The highest BCUT2D eigenvalue weighted by atomic mass is 16.5. The van der Waals surface area contributed by atoms with Gasteiger partial charge in [-0.3, -0.25) is 9.59 Å². The normalized spacial score (nSPS) is 35.7. The summed E-state index contributed by atoms with van der Waals surface area (Å²) < 4.78 is 5.27. The maximum atomic E-state index is 13.2. The zero-order valence-corrected chi connectivity index (χ0v) is 15.4. The minimum Gasteiger partial charge on any atom is -0.480 e. The first-order valence-corrected chi connectivity index (χ1v) is 9.72. The average Bonchev–Trinajstić information content (AvgIpc) is 3.28. The number of fused-ring (bicyclic) bond motifs is 1. The number of nitrogens with one attached hydrogen (secondary N) is 1. The molecule has 0 spiro atoms. The number of aliphatic carboxylic acids is 1. The number of nitrogens with zero attached hydrogens (tertiary/aromatic N) is 1. The van der Waals surface area contributed by atoms with E-state index >= 15 is 0 Å². The van der Waals surface area contributed by atoms with Gasteiger partial charge in [-0.05, 0) is 30.1 Å². The summed E-state index contributed by atoms with van der Waals surface area (Å²) in [5.41, 5.74) is -0.0176. The number of piperidine rings is 1. The van der Waals surface area contributed by atoms with Crippen molar-refractivity contribution in [3.63, 3.8) is 0 Å². The van der Waals surface area contributed by atoms with E-state index in [0.29, 0.717) is 38.5 Å². The Balaban J connectivity index is 1.47. The number of hydrogen-bond acceptors (Lipinski definition) is 4. The highest BCUT2D eigenvalue weighted by Crippen LogP contribution is 2.64. The van der Waals surface area contributed by atoms with Gasteiger partial charge >= 0.3 is 5.97 Å². The molecule has 4 aliphatic rings. The highest BCUT2D eigenvalue weighted by Gasteiger charge is 2.69. The van der Waals surface area contributed by atoms with Crippen molar-refractivity contribution in [1.29, 1.82) is 0 Å². The molecular weight excluding hydrogens is 336 g/mol. The molecule has 5 atom stereocenters. The first-order valence-electron chi connectivity index (χ1n) is 9.72. The van der Waals surface area contributed by atoms with Crippen molar-refractivity contribution in [2.45, 2.75) is 51.6 Å². The van der Waals surface area contributed by atoms with Gasteiger partial charge in [0.25, 0.3) is 0 Å². The van der Waals surface area contributed by atoms with Crippen LogP contribution < -0.4 is 5.32 Å². The number of amides is 2. The Kier molecular flexibility index (Phi) is 4.25. The molecule has 2 aliphatic carbocycles. The largest absolute Gasteiger partial charge is 0.480 e. The molecule has 2 saturated carbocycles. The van der Waals surface area contributed by atoms with Crippen molar-refractivity contribution >= 4 is 17.8 Å². The second-order valence-electron chi connectivity index (χ2n) is 9.03. The molecule has 4 rings (SSSR count). The van der Waals surface area contributed by atoms with Crippen LogP contribution in [0.4, 0.5) is 0 Å². The Morgan fingerprint density at radius 1 is 1.27 bits per heavy atom. The molecule has 4 fully saturated rings. The van der Waals surface area contributed by atoms with Crippen LogP contribution >= 0.6 is 0 Å². The van der Waals surface area contributed by atoms with Gasteiger partial charge < -0.3 is 20.1 Å². The van der Waals surface area contributed by atoms with Gasteiger partial charge in [0.05, 0.1) is 12.5 Å². The van der Waals surface area contributed by atoms with Crippen molar-refractivity contribution in [2.75, 3.05) is 19.8 Å². The minimum absolute atomic E-state index is 0.0176. The first kappa shape index (κ1) is 17.8. The van der Waals surface area contributed by atoms with Crippen LogP contribution in [0.15, 0.2) is 0 Å². The standard InChI is InChI=1S/C19H28N2O5/c1-19(2)12-8-21(15(14(12)19)18(24)25)17(23)13(7-10-3-4-10)20-16(22)11-5-6-26-9-11/h10-15H,3-9H2,1-2H3,(H,20,22)(H,24,25)/t11-,12+,13?,14+,15+/m1/s1. The monoisotopic (exact) mass is 364 g/mol. The van der Waals surface area contributed by atoms with Gasteiger partial charge in [0.2, 0.25) is 11.8 Å². The lowest BCUT2D eigenvalue weighted by atomic mass is 9.99. The third-order valence-electron chi connectivity index (χ3n) is 6.93. The van der Waals surface area contributed by atoms with Gasteiger partial charge in [-0.15, -0.1) is 0 Å². The number of carboxylic acids is 1. The van der Waals surface area contributed by atoms with Gasteiger partial charge in [-0.1, -0.05) is 26.7 Å². The van der Waals surface area contributed by atoms with Gasteiger partial charge in [0.1, 0.15) is 12.1 Å². The van der Waals surface area contributed by atoms with Crippen molar-refractivity contribution in [1.82, 2.24) is 10.2 Å². The van der Waals surface area contributed by atoms with Crippen molar-refractivity contribution < 1.29 is 24.2 Å². The summed E-state index contributed by atoms with van der Waals surface area (Å²) in [6.45, 7) is 5.60. The Morgan fingerprint density at radius 2 is 2.00 bits per heavy atom. The lowest BCUT2D eigenvalue weighted by Crippen LogP contribution is -2.54.